The first-order chi connectivity index (χ1) is 5.75. The third-order valence-corrected chi connectivity index (χ3v) is 2.20. The summed E-state index contributed by atoms with van der Waals surface area (Å²) in [7, 11) is 2.10. The molecule has 0 aromatic heterocycles. The summed E-state index contributed by atoms with van der Waals surface area (Å²) in [6, 6.07) is 6.57. The van der Waals surface area contributed by atoms with Gasteiger partial charge in [0.1, 0.15) is 0 Å². The number of fused-ring (bicyclic) bond motifs is 1. The largest absolute Gasteiger partial charge is 0.376 e. The Morgan fingerprint density at radius 2 is 2.08 bits per heavy atom. The van der Waals surface area contributed by atoms with Crippen LogP contribution < -0.4 is 10.4 Å². The summed E-state index contributed by atoms with van der Waals surface area (Å²) in [6.07, 6.45) is 4.46. The molecule has 1 aliphatic heterocycles. The van der Waals surface area contributed by atoms with Gasteiger partial charge in [-0.25, -0.2) is 0 Å². The van der Waals surface area contributed by atoms with Crippen LogP contribution in [0.25, 0.3) is 12.3 Å². The Balaban J connectivity index is 2.71. The molecular weight excluding hydrogens is 146 g/mol. The Kier molecular flexibility index (Phi) is 1.65. The van der Waals surface area contributed by atoms with Gasteiger partial charge < -0.3 is 4.90 Å². The van der Waals surface area contributed by atoms with Gasteiger partial charge in [0, 0.05) is 19.8 Å². The Morgan fingerprint density at radius 3 is 2.92 bits per heavy atom. The molecule has 0 radical (unpaired) electrons. The van der Waals surface area contributed by atoms with Gasteiger partial charge in [-0.05, 0) is 17.4 Å². The van der Waals surface area contributed by atoms with Gasteiger partial charge in [0.25, 0.3) is 0 Å². The van der Waals surface area contributed by atoms with Gasteiger partial charge in [0.15, 0.2) is 0 Å². The molecule has 0 fully saturated rings. The second-order valence-electron chi connectivity index (χ2n) is 3.41. The van der Waals surface area contributed by atoms with E-state index in [2.05, 4.69) is 49.3 Å². The number of hydrogen-bond acceptors (Lipinski definition) is 1. The van der Waals surface area contributed by atoms with Crippen LogP contribution in [0.2, 0.25) is 0 Å². The second-order valence-corrected chi connectivity index (χ2v) is 3.41. The molecule has 0 N–H and O–H groups in total. The molecule has 62 valence electrons. The van der Waals surface area contributed by atoms with Crippen LogP contribution in [0.1, 0.15) is 5.56 Å². The molecule has 0 unspecified atom stereocenters. The van der Waals surface area contributed by atoms with E-state index in [4.69, 9.17) is 0 Å². The molecule has 0 bridgehead atoms. The van der Waals surface area contributed by atoms with Crippen molar-refractivity contribution in [3.05, 3.63) is 34.2 Å². The van der Waals surface area contributed by atoms with Gasteiger partial charge in [0.05, 0.1) is 0 Å². The molecule has 0 saturated heterocycles. The van der Waals surface area contributed by atoms with Crippen molar-refractivity contribution in [1.82, 2.24) is 4.90 Å². The number of benzene rings is 1. The summed E-state index contributed by atoms with van der Waals surface area (Å²) in [5.41, 5.74) is 1.34. The van der Waals surface area contributed by atoms with E-state index in [-0.39, 0.29) is 0 Å². The zero-order valence-electron chi connectivity index (χ0n) is 7.54. The van der Waals surface area contributed by atoms with E-state index >= 15 is 0 Å². The summed E-state index contributed by atoms with van der Waals surface area (Å²) in [4.78, 5) is 2.19. The summed E-state index contributed by atoms with van der Waals surface area (Å²) < 4.78 is 0. The van der Waals surface area contributed by atoms with Gasteiger partial charge in [-0.3, -0.25) is 0 Å². The molecule has 1 heteroatoms. The molecule has 1 aliphatic rings. The standard InChI is InChI=1S/C11H13N/c1-9-3-4-11-8-12(2)6-5-10(11)7-9/h3-5,7-8H,6H2,1-2H3. The van der Waals surface area contributed by atoms with E-state index in [1.54, 1.807) is 0 Å². The lowest BCUT2D eigenvalue weighted by Gasteiger charge is -2.14. The molecule has 1 aromatic carbocycles. The first-order valence-corrected chi connectivity index (χ1v) is 4.25. The topological polar surface area (TPSA) is 3.24 Å². The van der Waals surface area contributed by atoms with Crippen molar-refractivity contribution in [2.75, 3.05) is 13.6 Å². The van der Waals surface area contributed by atoms with E-state index in [1.165, 1.54) is 16.0 Å². The van der Waals surface area contributed by atoms with Gasteiger partial charge in [-0.15, -0.1) is 0 Å². The maximum atomic E-state index is 2.27. The van der Waals surface area contributed by atoms with Crippen LogP contribution in [-0.2, 0) is 0 Å². The lowest BCUT2D eigenvalue weighted by atomic mass is 10.1. The van der Waals surface area contributed by atoms with E-state index in [0.717, 1.165) is 6.54 Å². The normalized spacial score (nSPS) is 14.7. The quantitative estimate of drug-likeness (QED) is 0.531. The van der Waals surface area contributed by atoms with Crippen molar-refractivity contribution in [3.63, 3.8) is 0 Å². The summed E-state index contributed by atoms with van der Waals surface area (Å²) in [6.45, 7) is 3.16. The summed E-state index contributed by atoms with van der Waals surface area (Å²) in [5, 5.41) is 2.70. The number of rotatable bonds is 0. The molecule has 1 aromatic rings. The zero-order valence-corrected chi connectivity index (χ0v) is 7.54. The molecule has 0 atom stereocenters. The van der Waals surface area contributed by atoms with Gasteiger partial charge in [-0.2, -0.15) is 0 Å². The van der Waals surface area contributed by atoms with Crippen LogP contribution >= 0.6 is 0 Å². The fourth-order valence-corrected chi connectivity index (χ4v) is 1.52. The molecule has 0 amide bonds. The smallest absolute Gasteiger partial charge is 0.0360 e. The predicted octanol–water partition coefficient (Wildman–Crippen LogP) is 0.459. The predicted molar refractivity (Wildman–Crippen MR) is 52.0 cm³/mol. The Labute approximate surface area is 72.6 Å². The van der Waals surface area contributed by atoms with E-state index in [9.17, 15) is 0 Å². The molecule has 1 heterocycles. The second kappa shape index (κ2) is 2.67. The van der Waals surface area contributed by atoms with Crippen molar-refractivity contribution >= 4 is 12.3 Å². The van der Waals surface area contributed by atoms with Crippen molar-refractivity contribution in [3.8, 4) is 0 Å². The molecule has 0 spiro atoms. The first kappa shape index (κ1) is 7.41. The maximum Gasteiger partial charge on any atom is 0.0360 e. The average Bonchev–Trinajstić information content (AvgIpc) is 2.05. The molecule has 0 aliphatic carbocycles. The first-order valence-electron chi connectivity index (χ1n) is 4.25. The zero-order chi connectivity index (χ0) is 8.55. The van der Waals surface area contributed by atoms with Crippen molar-refractivity contribution in [2.45, 2.75) is 6.92 Å². The van der Waals surface area contributed by atoms with E-state index in [0.29, 0.717) is 0 Å². The van der Waals surface area contributed by atoms with Gasteiger partial charge in [0.2, 0.25) is 0 Å². The lowest BCUT2D eigenvalue weighted by Crippen LogP contribution is -2.33. The average molecular weight is 159 g/mol. The summed E-state index contributed by atoms with van der Waals surface area (Å²) >= 11 is 0. The van der Waals surface area contributed by atoms with Crippen LogP contribution in [0.5, 0.6) is 0 Å². The highest BCUT2D eigenvalue weighted by Gasteiger charge is 1.96. The molecule has 0 saturated carbocycles. The van der Waals surface area contributed by atoms with Crippen molar-refractivity contribution < 1.29 is 0 Å². The Morgan fingerprint density at radius 1 is 1.25 bits per heavy atom. The molecule has 1 nitrogen and oxygen atoms in total. The third-order valence-electron chi connectivity index (χ3n) is 2.20. The van der Waals surface area contributed by atoms with Crippen molar-refractivity contribution in [2.24, 2.45) is 0 Å². The van der Waals surface area contributed by atoms with Crippen LogP contribution in [0.3, 0.4) is 0 Å². The molecule has 12 heavy (non-hydrogen) atoms. The minimum atomic E-state index is 1.02. The highest BCUT2D eigenvalue weighted by molar-refractivity contribution is 5.39. The fourth-order valence-electron chi connectivity index (χ4n) is 1.52. The monoisotopic (exact) mass is 159 g/mol. The number of aryl methyl sites for hydroxylation is 1. The van der Waals surface area contributed by atoms with Gasteiger partial charge in [-0.1, -0.05) is 29.8 Å². The van der Waals surface area contributed by atoms with E-state index in [1.807, 2.05) is 0 Å². The number of nitrogens with zero attached hydrogens (tertiary/aromatic N) is 1. The van der Waals surface area contributed by atoms with Crippen molar-refractivity contribution in [1.29, 1.82) is 0 Å². The lowest BCUT2D eigenvalue weighted by molar-refractivity contribution is 0.564. The fraction of sp³-hybridized carbons (Fsp3) is 0.273. The molecule has 2 rings (SSSR count). The van der Waals surface area contributed by atoms with E-state index < -0.39 is 0 Å². The van der Waals surface area contributed by atoms with Gasteiger partial charge >= 0.3 is 0 Å². The number of hydrogen-bond donors (Lipinski definition) is 0. The van der Waals surface area contributed by atoms with Crippen LogP contribution in [0, 0.1) is 6.92 Å². The van der Waals surface area contributed by atoms with Crippen LogP contribution in [0.4, 0.5) is 0 Å². The minimum absolute atomic E-state index is 1.02. The third kappa shape index (κ3) is 1.22. The maximum absolute atomic E-state index is 2.27. The van der Waals surface area contributed by atoms with Crippen LogP contribution in [-0.4, -0.2) is 18.5 Å². The highest BCUT2D eigenvalue weighted by Crippen LogP contribution is 1.91. The highest BCUT2D eigenvalue weighted by atomic mass is 15.1. The SMILES string of the molecule is Cc1ccc2c(c1)=CCN(C)C=2. The minimum Gasteiger partial charge on any atom is -0.376 e. The summed E-state index contributed by atoms with van der Waals surface area (Å²) in [5.74, 6) is 0. The molecular formula is C11H13N. The Hall–Kier alpha value is -1.24. The van der Waals surface area contributed by atoms with Crippen LogP contribution in [0.15, 0.2) is 18.2 Å². The Bertz CT molecular complexity index is 404.